The summed E-state index contributed by atoms with van der Waals surface area (Å²) in [4.78, 5) is 60.9. The first-order valence-electron chi connectivity index (χ1n) is 21.4. The summed E-state index contributed by atoms with van der Waals surface area (Å²) < 4.78 is 27.3. The molecule has 2 aliphatic carbocycles. The Hall–Kier alpha value is -7.60. The van der Waals surface area contributed by atoms with E-state index in [0.29, 0.717) is 39.9 Å². The summed E-state index contributed by atoms with van der Waals surface area (Å²) in [5.74, 6) is -3.08. The van der Waals surface area contributed by atoms with Gasteiger partial charge in [-0.25, -0.2) is 0 Å². The molecule has 1 saturated carbocycles. The van der Waals surface area contributed by atoms with Crippen molar-refractivity contribution in [3.63, 3.8) is 0 Å². The van der Waals surface area contributed by atoms with Crippen LogP contribution in [-0.4, -0.2) is 64.3 Å². The van der Waals surface area contributed by atoms with Gasteiger partial charge in [0.05, 0.1) is 70.6 Å². The number of amides is 4. The van der Waals surface area contributed by atoms with Crippen LogP contribution in [0.5, 0.6) is 34.5 Å². The summed E-state index contributed by atoms with van der Waals surface area (Å²) in [6.07, 6.45) is 10.0. The first kappa shape index (κ1) is 42.7. The number of phenolic OH excluding ortho intramolecular Hbond substituents is 1. The van der Waals surface area contributed by atoms with Gasteiger partial charge >= 0.3 is 0 Å². The maximum Gasteiger partial charge on any atom is 0.238 e. The molecule has 330 valence electrons. The average molecular weight is 873 g/mol. The Bertz CT molecular complexity index is 2790. The van der Waals surface area contributed by atoms with Crippen molar-refractivity contribution >= 4 is 59.3 Å². The largest absolute Gasteiger partial charge is 0.504 e. The minimum atomic E-state index is -0.875. The molecule has 5 aromatic carbocycles. The molecular formula is C53H48N2O10. The second kappa shape index (κ2) is 17.5. The van der Waals surface area contributed by atoms with Crippen molar-refractivity contribution in [2.45, 2.75) is 18.8 Å². The number of carbonyl (C=O) groups excluding carboxylic acids is 4. The number of aromatic hydroxyl groups is 1. The average Bonchev–Trinajstić information content (AvgIpc) is 3.75. The molecule has 0 aromatic heterocycles. The van der Waals surface area contributed by atoms with Crippen molar-refractivity contribution < 1.29 is 48.0 Å². The van der Waals surface area contributed by atoms with Crippen molar-refractivity contribution in [2.75, 3.05) is 45.3 Å². The van der Waals surface area contributed by atoms with E-state index < -0.39 is 41.4 Å². The van der Waals surface area contributed by atoms with Crippen molar-refractivity contribution in [3.05, 3.63) is 143 Å². The van der Waals surface area contributed by atoms with Gasteiger partial charge in [0.25, 0.3) is 0 Å². The highest BCUT2D eigenvalue weighted by Crippen LogP contribution is 2.60. The zero-order valence-corrected chi connectivity index (χ0v) is 36.6. The van der Waals surface area contributed by atoms with Gasteiger partial charge in [0, 0.05) is 22.6 Å². The van der Waals surface area contributed by atoms with Gasteiger partial charge in [0.2, 0.25) is 23.6 Å². The molecule has 1 N–H and O–H groups in total. The van der Waals surface area contributed by atoms with E-state index in [0.717, 1.165) is 27.8 Å². The number of anilines is 2. The normalized spacial score (nSPS) is 22.5. The SMILES string of the molecule is COc1ccc(OC)c(C=Cc2ccc(N3C(=O)[C@H]4[C@H](CC=C5[C@H]4C[C@H]4C(=O)N(c6ccc(C=Cc7cc(OC)ccc7OC)cc6)C(=O)[C@H]4[C@H]5c4cccc(OC)c4O)C3=O)cc2)c1. The predicted octanol–water partition coefficient (Wildman–Crippen LogP) is 8.82. The summed E-state index contributed by atoms with van der Waals surface area (Å²) in [7, 11) is 7.85. The highest BCUT2D eigenvalue weighted by molar-refractivity contribution is 6.24. The summed E-state index contributed by atoms with van der Waals surface area (Å²) in [5, 5.41) is 11.6. The Labute approximate surface area is 376 Å². The molecule has 0 spiro atoms. The lowest BCUT2D eigenvalue weighted by Crippen LogP contribution is -2.43. The molecule has 0 bridgehead atoms. The Balaban J connectivity index is 1.01. The predicted molar refractivity (Wildman–Crippen MR) is 247 cm³/mol. The molecule has 12 heteroatoms. The standard InChI is InChI=1S/C53H48N2O10/c1-61-36-21-25-43(63-3)32(27-36)15-9-30-11-17-34(18-12-30)54-50(57)40-24-23-38-41(47(40)52(54)59)29-42-48(46(38)39-7-6-8-45(65-5)49(39)56)53(60)55(51(42)58)35-19-13-31(14-20-35)10-16-33-28-37(62-2)22-26-44(33)64-4/h6-23,25-28,40-42,46-48,56H,24,29H2,1-5H3/t40-,41+,42+,46+,47-,48+/m0/s1. The number of methoxy groups -OCH3 is 5. The van der Waals surface area contributed by atoms with Gasteiger partial charge in [-0.1, -0.05) is 72.4 Å². The molecule has 5 aromatic rings. The fraction of sp³-hybridized carbons (Fsp3) is 0.245. The molecule has 9 rings (SSSR count). The lowest BCUT2D eigenvalue weighted by atomic mass is 9.57. The smallest absolute Gasteiger partial charge is 0.238 e. The second-order valence-corrected chi connectivity index (χ2v) is 16.5. The maximum atomic E-state index is 14.8. The van der Waals surface area contributed by atoms with E-state index in [2.05, 4.69) is 0 Å². The quantitative estimate of drug-likeness (QED) is 0.0735. The Morgan fingerprint density at radius 2 is 1.03 bits per heavy atom. The molecule has 2 heterocycles. The van der Waals surface area contributed by atoms with Crippen molar-refractivity contribution in [1.29, 1.82) is 0 Å². The fourth-order valence-corrected chi connectivity index (χ4v) is 10.2. The van der Waals surface area contributed by atoms with Gasteiger partial charge in [-0.3, -0.25) is 29.0 Å². The van der Waals surface area contributed by atoms with Crippen LogP contribution in [0.4, 0.5) is 11.4 Å². The summed E-state index contributed by atoms with van der Waals surface area (Å²) >= 11 is 0. The minimum absolute atomic E-state index is 0.139. The van der Waals surface area contributed by atoms with Crippen molar-refractivity contribution in [1.82, 2.24) is 0 Å². The van der Waals surface area contributed by atoms with Gasteiger partial charge in [0.1, 0.15) is 23.0 Å². The molecular weight excluding hydrogens is 825 g/mol. The molecule has 4 amide bonds. The van der Waals surface area contributed by atoms with Crippen molar-refractivity contribution in [2.24, 2.45) is 29.6 Å². The number of benzene rings is 5. The number of imide groups is 2. The van der Waals surface area contributed by atoms with Crippen LogP contribution in [-0.2, 0) is 19.2 Å². The van der Waals surface area contributed by atoms with Crippen molar-refractivity contribution in [3.8, 4) is 34.5 Å². The zero-order chi connectivity index (χ0) is 45.5. The molecule has 2 aliphatic heterocycles. The van der Waals surface area contributed by atoms with E-state index >= 15 is 0 Å². The van der Waals surface area contributed by atoms with Gasteiger partial charge in [-0.05, 0) is 96.6 Å². The number of allylic oxidation sites excluding steroid dienone is 2. The van der Waals surface area contributed by atoms with E-state index in [-0.39, 0.29) is 42.1 Å². The van der Waals surface area contributed by atoms with Crippen LogP contribution in [0.15, 0.2) is 115 Å². The summed E-state index contributed by atoms with van der Waals surface area (Å²) in [6.45, 7) is 0. The number of hydrogen-bond acceptors (Lipinski definition) is 10. The fourth-order valence-electron chi connectivity index (χ4n) is 10.2. The molecule has 4 aliphatic rings. The number of fused-ring (bicyclic) bond motifs is 4. The van der Waals surface area contributed by atoms with Crippen LogP contribution in [0.25, 0.3) is 24.3 Å². The monoisotopic (exact) mass is 872 g/mol. The van der Waals surface area contributed by atoms with Crippen LogP contribution in [0, 0.1) is 29.6 Å². The molecule has 0 radical (unpaired) electrons. The molecule has 65 heavy (non-hydrogen) atoms. The number of ether oxygens (including phenoxy) is 5. The Kier molecular flexibility index (Phi) is 11.5. The third-order valence-electron chi connectivity index (χ3n) is 13.3. The number of phenols is 1. The first-order chi connectivity index (χ1) is 31.6. The summed E-state index contributed by atoms with van der Waals surface area (Å²) in [5.41, 5.74) is 5.35. The van der Waals surface area contributed by atoms with Gasteiger partial charge in [-0.15, -0.1) is 0 Å². The topological polar surface area (TPSA) is 141 Å². The van der Waals surface area contributed by atoms with Crippen LogP contribution >= 0.6 is 0 Å². The number of nitrogens with zero attached hydrogens (tertiary/aromatic N) is 2. The third-order valence-corrected chi connectivity index (χ3v) is 13.3. The van der Waals surface area contributed by atoms with Gasteiger partial charge in [-0.2, -0.15) is 0 Å². The van der Waals surface area contributed by atoms with Crippen LogP contribution in [0.3, 0.4) is 0 Å². The molecule has 0 unspecified atom stereocenters. The maximum absolute atomic E-state index is 14.8. The number of hydrogen-bond donors (Lipinski definition) is 1. The molecule has 12 nitrogen and oxygen atoms in total. The highest BCUT2D eigenvalue weighted by Gasteiger charge is 2.62. The van der Waals surface area contributed by atoms with E-state index in [9.17, 15) is 24.3 Å². The highest BCUT2D eigenvalue weighted by atomic mass is 16.5. The third kappa shape index (κ3) is 7.48. The van der Waals surface area contributed by atoms with E-state index in [1.807, 2.05) is 91.0 Å². The van der Waals surface area contributed by atoms with Gasteiger partial charge < -0.3 is 28.8 Å². The lowest BCUT2D eigenvalue weighted by Gasteiger charge is -2.44. The number of rotatable bonds is 12. The van der Waals surface area contributed by atoms with E-state index in [1.54, 1.807) is 70.9 Å². The second-order valence-electron chi connectivity index (χ2n) is 16.5. The minimum Gasteiger partial charge on any atom is -0.504 e. The summed E-state index contributed by atoms with van der Waals surface area (Å²) in [6, 6.07) is 30.5. The first-order valence-corrected chi connectivity index (χ1v) is 21.4. The van der Waals surface area contributed by atoms with Crippen LogP contribution in [0.1, 0.15) is 46.6 Å². The zero-order valence-electron chi connectivity index (χ0n) is 36.6. The molecule has 2 saturated heterocycles. The van der Waals surface area contributed by atoms with E-state index in [1.165, 1.54) is 16.9 Å². The van der Waals surface area contributed by atoms with E-state index in [4.69, 9.17) is 23.7 Å². The molecule has 6 atom stereocenters. The number of para-hydroxylation sites is 1. The lowest BCUT2D eigenvalue weighted by molar-refractivity contribution is -0.126. The van der Waals surface area contributed by atoms with Crippen LogP contribution in [0.2, 0.25) is 0 Å². The number of carbonyl (C=O) groups is 4. The molecule has 3 fully saturated rings. The van der Waals surface area contributed by atoms with Crippen LogP contribution < -0.4 is 33.5 Å². The Morgan fingerprint density at radius 1 is 0.523 bits per heavy atom. The Morgan fingerprint density at radius 3 is 1.54 bits per heavy atom. The van der Waals surface area contributed by atoms with Gasteiger partial charge in [0.15, 0.2) is 11.5 Å².